The van der Waals surface area contributed by atoms with Gasteiger partial charge in [-0.2, -0.15) is 0 Å². The molecule has 0 unspecified atom stereocenters. The quantitative estimate of drug-likeness (QED) is 0.497. The fraction of sp³-hybridized carbons (Fsp3) is 0.0833. The zero-order valence-electron chi connectivity index (χ0n) is 9.06. The molecule has 0 amide bonds. The number of benzene rings is 1. The molecule has 0 atom stereocenters. The highest BCUT2D eigenvalue weighted by Gasteiger charge is 2.03. The molecule has 0 bridgehead atoms. The molecule has 3 nitrogen and oxygen atoms in total. The number of aromatic nitrogens is 1. The standard InChI is InChI=1S/C12H12FN3S/c13-10-4-1-5-11(7-10)17-8-9-3-2-6-15-12(9)16-14/h1-7H,8,14H2,(H,15,16). The van der Waals surface area contributed by atoms with Gasteiger partial charge in [0, 0.05) is 22.4 Å². The molecular formula is C12H12FN3S. The summed E-state index contributed by atoms with van der Waals surface area (Å²) >= 11 is 1.54. The van der Waals surface area contributed by atoms with Crippen LogP contribution in [0.25, 0.3) is 0 Å². The summed E-state index contributed by atoms with van der Waals surface area (Å²) in [5.74, 6) is 6.48. The van der Waals surface area contributed by atoms with Crippen LogP contribution in [0.5, 0.6) is 0 Å². The van der Waals surface area contributed by atoms with Crippen molar-refractivity contribution in [2.75, 3.05) is 5.43 Å². The van der Waals surface area contributed by atoms with Crippen LogP contribution in [0, 0.1) is 5.82 Å². The van der Waals surface area contributed by atoms with E-state index in [0.717, 1.165) is 10.5 Å². The molecule has 88 valence electrons. The van der Waals surface area contributed by atoms with E-state index in [-0.39, 0.29) is 5.82 Å². The van der Waals surface area contributed by atoms with E-state index in [1.54, 1.807) is 24.0 Å². The van der Waals surface area contributed by atoms with Gasteiger partial charge in [0.15, 0.2) is 0 Å². The maximum Gasteiger partial charge on any atom is 0.143 e. The third-order valence-electron chi connectivity index (χ3n) is 2.22. The first-order valence-electron chi connectivity index (χ1n) is 5.08. The molecule has 0 aliphatic heterocycles. The largest absolute Gasteiger partial charge is 0.308 e. The number of hydrazine groups is 1. The van der Waals surface area contributed by atoms with Gasteiger partial charge >= 0.3 is 0 Å². The molecule has 0 saturated heterocycles. The molecular weight excluding hydrogens is 237 g/mol. The van der Waals surface area contributed by atoms with Crippen LogP contribution < -0.4 is 11.3 Å². The lowest BCUT2D eigenvalue weighted by atomic mass is 10.3. The van der Waals surface area contributed by atoms with Gasteiger partial charge in [0.05, 0.1) is 0 Å². The SMILES string of the molecule is NNc1ncccc1CSc1cccc(F)c1. The first kappa shape index (κ1) is 11.9. The van der Waals surface area contributed by atoms with Gasteiger partial charge in [-0.3, -0.25) is 0 Å². The molecule has 0 aliphatic rings. The van der Waals surface area contributed by atoms with Crippen LogP contribution in [0.4, 0.5) is 10.2 Å². The van der Waals surface area contributed by atoms with Crippen LogP contribution >= 0.6 is 11.8 Å². The summed E-state index contributed by atoms with van der Waals surface area (Å²) in [4.78, 5) is 4.99. The smallest absolute Gasteiger partial charge is 0.143 e. The van der Waals surface area contributed by atoms with Crippen LogP contribution in [0.1, 0.15) is 5.56 Å². The number of nitrogens with two attached hydrogens (primary N) is 1. The monoisotopic (exact) mass is 249 g/mol. The van der Waals surface area contributed by atoms with Gasteiger partial charge in [-0.1, -0.05) is 12.1 Å². The van der Waals surface area contributed by atoms with E-state index in [4.69, 9.17) is 5.84 Å². The average Bonchev–Trinajstić information content (AvgIpc) is 2.37. The van der Waals surface area contributed by atoms with E-state index in [1.165, 1.54) is 12.1 Å². The first-order chi connectivity index (χ1) is 8.29. The molecule has 0 radical (unpaired) electrons. The van der Waals surface area contributed by atoms with Crippen molar-refractivity contribution in [1.82, 2.24) is 4.98 Å². The number of hydrogen-bond donors (Lipinski definition) is 2. The molecule has 5 heteroatoms. The molecule has 3 N–H and O–H groups in total. The summed E-state index contributed by atoms with van der Waals surface area (Å²) in [5.41, 5.74) is 3.53. The Hall–Kier alpha value is -1.59. The Morgan fingerprint density at radius 3 is 2.94 bits per heavy atom. The van der Waals surface area contributed by atoms with Crippen LogP contribution in [0.3, 0.4) is 0 Å². The highest BCUT2D eigenvalue weighted by atomic mass is 32.2. The van der Waals surface area contributed by atoms with E-state index in [1.807, 2.05) is 18.2 Å². The average molecular weight is 249 g/mol. The van der Waals surface area contributed by atoms with Crippen LogP contribution in [0.2, 0.25) is 0 Å². The number of halogens is 1. The fourth-order valence-electron chi connectivity index (χ4n) is 1.40. The Morgan fingerprint density at radius 2 is 2.18 bits per heavy atom. The van der Waals surface area contributed by atoms with Gasteiger partial charge in [-0.25, -0.2) is 15.2 Å². The molecule has 0 aliphatic carbocycles. The third-order valence-corrected chi connectivity index (χ3v) is 3.26. The summed E-state index contributed by atoms with van der Waals surface area (Å²) < 4.78 is 13.0. The summed E-state index contributed by atoms with van der Waals surface area (Å²) in [6.07, 6.45) is 1.67. The lowest BCUT2D eigenvalue weighted by Crippen LogP contribution is -2.10. The van der Waals surface area contributed by atoms with Crippen LogP contribution in [-0.2, 0) is 5.75 Å². The zero-order chi connectivity index (χ0) is 12.1. The predicted octanol–water partition coefficient (Wildman–Crippen LogP) is 2.80. The van der Waals surface area contributed by atoms with Crippen molar-refractivity contribution >= 4 is 17.6 Å². The molecule has 0 fully saturated rings. The predicted molar refractivity (Wildman–Crippen MR) is 68.0 cm³/mol. The van der Waals surface area contributed by atoms with Crippen molar-refractivity contribution < 1.29 is 4.39 Å². The number of nitrogens with zero attached hydrogens (tertiary/aromatic N) is 1. The molecule has 1 aromatic heterocycles. The summed E-state index contributed by atoms with van der Waals surface area (Å²) in [6.45, 7) is 0. The number of thioether (sulfide) groups is 1. The number of hydrogen-bond acceptors (Lipinski definition) is 4. The molecule has 1 heterocycles. The molecule has 2 aromatic rings. The third kappa shape index (κ3) is 3.18. The molecule has 17 heavy (non-hydrogen) atoms. The minimum Gasteiger partial charge on any atom is -0.308 e. The number of nitrogens with one attached hydrogen (secondary N) is 1. The second kappa shape index (κ2) is 5.65. The lowest BCUT2D eigenvalue weighted by Gasteiger charge is -2.07. The van der Waals surface area contributed by atoms with Crippen LogP contribution in [0.15, 0.2) is 47.5 Å². The maximum atomic E-state index is 13.0. The highest BCUT2D eigenvalue weighted by molar-refractivity contribution is 7.98. The number of anilines is 1. The van der Waals surface area contributed by atoms with E-state index in [9.17, 15) is 4.39 Å². The van der Waals surface area contributed by atoms with Gasteiger partial charge in [0.1, 0.15) is 11.6 Å². The topological polar surface area (TPSA) is 50.9 Å². The van der Waals surface area contributed by atoms with Crippen molar-refractivity contribution in [2.45, 2.75) is 10.6 Å². The minimum atomic E-state index is -0.224. The summed E-state index contributed by atoms with van der Waals surface area (Å²) in [5, 5.41) is 0. The van der Waals surface area contributed by atoms with Crippen molar-refractivity contribution in [3.05, 3.63) is 54.0 Å². The molecule has 1 aromatic carbocycles. The fourth-order valence-corrected chi connectivity index (χ4v) is 2.33. The molecule has 2 rings (SSSR count). The normalized spacial score (nSPS) is 10.2. The maximum absolute atomic E-state index is 13.0. The van der Waals surface area contributed by atoms with E-state index >= 15 is 0 Å². The van der Waals surface area contributed by atoms with E-state index in [2.05, 4.69) is 10.4 Å². The zero-order valence-corrected chi connectivity index (χ0v) is 9.88. The molecule has 0 saturated carbocycles. The first-order valence-corrected chi connectivity index (χ1v) is 6.07. The Kier molecular flexibility index (Phi) is 3.95. The van der Waals surface area contributed by atoms with Crippen molar-refractivity contribution in [3.63, 3.8) is 0 Å². The molecule has 0 spiro atoms. The van der Waals surface area contributed by atoms with E-state index < -0.39 is 0 Å². The number of nitrogen functional groups attached to an aromatic ring is 1. The van der Waals surface area contributed by atoms with Crippen LogP contribution in [-0.4, -0.2) is 4.98 Å². The number of rotatable bonds is 4. The Balaban J connectivity index is 2.07. The second-order valence-electron chi connectivity index (χ2n) is 3.40. The highest BCUT2D eigenvalue weighted by Crippen LogP contribution is 2.25. The Morgan fingerprint density at radius 1 is 1.29 bits per heavy atom. The van der Waals surface area contributed by atoms with E-state index in [0.29, 0.717) is 11.6 Å². The second-order valence-corrected chi connectivity index (χ2v) is 4.45. The lowest BCUT2D eigenvalue weighted by molar-refractivity contribution is 0.624. The van der Waals surface area contributed by atoms with Crippen molar-refractivity contribution in [3.8, 4) is 0 Å². The van der Waals surface area contributed by atoms with Gasteiger partial charge in [0.25, 0.3) is 0 Å². The Bertz CT molecular complexity index is 505. The Labute approximate surface area is 103 Å². The summed E-state index contributed by atoms with van der Waals surface area (Å²) in [7, 11) is 0. The van der Waals surface area contributed by atoms with Crippen molar-refractivity contribution in [1.29, 1.82) is 0 Å². The van der Waals surface area contributed by atoms with Crippen molar-refractivity contribution in [2.24, 2.45) is 5.84 Å². The van der Waals surface area contributed by atoms with Gasteiger partial charge in [-0.15, -0.1) is 11.8 Å². The van der Waals surface area contributed by atoms with Gasteiger partial charge in [-0.05, 0) is 24.3 Å². The summed E-state index contributed by atoms with van der Waals surface area (Å²) in [6, 6.07) is 10.3. The number of pyridine rings is 1. The van der Waals surface area contributed by atoms with Gasteiger partial charge < -0.3 is 5.43 Å². The minimum absolute atomic E-state index is 0.224. The van der Waals surface area contributed by atoms with Gasteiger partial charge in [0.2, 0.25) is 0 Å².